The molecule has 33 heavy (non-hydrogen) atoms. The summed E-state index contributed by atoms with van der Waals surface area (Å²) in [6.45, 7) is 3.97. The Hall–Kier alpha value is -3.68. The highest BCUT2D eigenvalue weighted by Crippen LogP contribution is 2.23. The lowest BCUT2D eigenvalue weighted by Gasteiger charge is -2.24. The van der Waals surface area contributed by atoms with Gasteiger partial charge >= 0.3 is 0 Å². The smallest absolute Gasteiger partial charge is 0.261 e. The van der Waals surface area contributed by atoms with Crippen LogP contribution in [0.4, 0.5) is 5.69 Å². The molecule has 0 spiro atoms. The molecule has 0 fully saturated rings. The van der Waals surface area contributed by atoms with Gasteiger partial charge in [-0.25, -0.2) is 0 Å². The molecule has 2 aromatic rings. The third-order valence-corrected chi connectivity index (χ3v) is 5.93. The maximum Gasteiger partial charge on any atom is 0.261 e. The van der Waals surface area contributed by atoms with E-state index in [2.05, 4.69) is 10.2 Å². The minimum atomic E-state index is -0.639. The van der Waals surface area contributed by atoms with Crippen molar-refractivity contribution in [3.05, 3.63) is 64.7 Å². The molecule has 174 valence electrons. The lowest BCUT2D eigenvalue weighted by Crippen LogP contribution is -2.30. The Kier molecular flexibility index (Phi) is 7.82. The van der Waals surface area contributed by atoms with E-state index in [9.17, 15) is 19.2 Å². The van der Waals surface area contributed by atoms with Crippen LogP contribution in [0.2, 0.25) is 0 Å². The molecule has 8 heteroatoms. The molecule has 3 rings (SSSR count). The number of imide groups is 1. The van der Waals surface area contributed by atoms with Crippen molar-refractivity contribution in [3.63, 3.8) is 0 Å². The number of primary amides is 1. The summed E-state index contributed by atoms with van der Waals surface area (Å²) in [5.41, 5.74) is 7.75. The van der Waals surface area contributed by atoms with Crippen LogP contribution in [0.1, 0.15) is 74.0 Å². The van der Waals surface area contributed by atoms with Gasteiger partial charge < -0.3 is 16.0 Å². The molecule has 1 aliphatic rings. The number of hydrogen-bond donors (Lipinski definition) is 2. The first-order valence-electron chi connectivity index (χ1n) is 11.2. The molecule has 0 unspecified atom stereocenters. The van der Waals surface area contributed by atoms with Gasteiger partial charge in [0.15, 0.2) is 0 Å². The van der Waals surface area contributed by atoms with Crippen LogP contribution in [0.15, 0.2) is 42.5 Å². The minimum Gasteiger partial charge on any atom is -0.372 e. The van der Waals surface area contributed by atoms with E-state index >= 15 is 0 Å². The van der Waals surface area contributed by atoms with Crippen LogP contribution < -0.4 is 16.0 Å². The molecule has 0 aliphatic carbocycles. The highest BCUT2D eigenvalue weighted by molar-refractivity contribution is 6.21. The Morgan fingerprint density at radius 1 is 0.939 bits per heavy atom. The molecular weight excluding hydrogens is 420 g/mol. The SMILES string of the molecule is CCN(CCCCCCN1C(=O)c2ccccc2C1=O)c1ccc(C(=O)NC)c(C(N)=O)c1. The number of carbonyl (C=O) groups is 4. The van der Waals surface area contributed by atoms with Gasteiger partial charge in [-0.3, -0.25) is 24.1 Å². The molecule has 0 aromatic heterocycles. The standard InChI is InChI=1S/C25H30N4O4/c1-3-28(17-12-13-18(23(31)27-2)21(16-17)22(26)30)14-8-4-5-9-15-29-24(32)19-10-6-7-11-20(19)25(29)33/h6-7,10-13,16H,3-5,8-9,14-15H2,1-2H3,(H2,26,30)(H,27,31). The predicted molar refractivity (Wildman–Crippen MR) is 127 cm³/mol. The van der Waals surface area contributed by atoms with Crippen LogP contribution in [-0.2, 0) is 0 Å². The first-order valence-corrected chi connectivity index (χ1v) is 11.2. The summed E-state index contributed by atoms with van der Waals surface area (Å²) >= 11 is 0. The largest absolute Gasteiger partial charge is 0.372 e. The topological polar surface area (TPSA) is 113 Å². The zero-order valence-corrected chi connectivity index (χ0v) is 19.1. The quantitative estimate of drug-likeness (QED) is 0.404. The molecule has 1 heterocycles. The highest BCUT2D eigenvalue weighted by atomic mass is 16.2. The van der Waals surface area contributed by atoms with Crippen molar-refractivity contribution in [2.75, 3.05) is 31.6 Å². The van der Waals surface area contributed by atoms with Crippen molar-refractivity contribution >= 4 is 29.3 Å². The maximum atomic E-state index is 12.4. The lowest BCUT2D eigenvalue weighted by molar-refractivity contribution is 0.0651. The van der Waals surface area contributed by atoms with Gasteiger partial charge in [-0.2, -0.15) is 0 Å². The molecule has 0 bridgehead atoms. The van der Waals surface area contributed by atoms with E-state index in [0.29, 0.717) is 17.7 Å². The zero-order valence-electron chi connectivity index (χ0n) is 19.1. The fourth-order valence-corrected chi connectivity index (χ4v) is 4.10. The molecule has 0 saturated heterocycles. The second-order valence-electron chi connectivity index (χ2n) is 7.97. The molecular formula is C25H30N4O4. The van der Waals surface area contributed by atoms with Crippen LogP contribution in [0.5, 0.6) is 0 Å². The third kappa shape index (κ3) is 5.22. The van der Waals surface area contributed by atoms with Gasteiger partial charge in [0.25, 0.3) is 17.7 Å². The summed E-state index contributed by atoms with van der Waals surface area (Å²) < 4.78 is 0. The molecule has 8 nitrogen and oxygen atoms in total. The summed E-state index contributed by atoms with van der Waals surface area (Å²) in [7, 11) is 1.51. The van der Waals surface area contributed by atoms with Gasteiger partial charge in [0.05, 0.1) is 22.3 Å². The summed E-state index contributed by atoms with van der Waals surface area (Å²) in [5, 5.41) is 2.52. The molecule has 0 radical (unpaired) electrons. The van der Waals surface area contributed by atoms with E-state index in [4.69, 9.17) is 5.73 Å². The molecule has 4 amide bonds. The Labute approximate surface area is 193 Å². The van der Waals surface area contributed by atoms with Crippen molar-refractivity contribution in [2.45, 2.75) is 32.6 Å². The van der Waals surface area contributed by atoms with E-state index < -0.39 is 5.91 Å². The van der Waals surface area contributed by atoms with Crippen LogP contribution in [-0.4, -0.2) is 55.2 Å². The zero-order chi connectivity index (χ0) is 24.0. The number of nitrogens with two attached hydrogens (primary N) is 1. The van der Waals surface area contributed by atoms with Gasteiger partial charge in [0.2, 0.25) is 5.91 Å². The number of carbonyl (C=O) groups excluding carboxylic acids is 4. The number of amides is 4. The predicted octanol–water partition coefficient (Wildman–Crippen LogP) is 2.83. The lowest BCUT2D eigenvalue weighted by atomic mass is 10.0. The van der Waals surface area contributed by atoms with E-state index in [1.807, 2.05) is 13.0 Å². The van der Waals surface area contributed by atoms with Crippen molar-refractivity contribution in [2.24, 2.45) is 5.73 Å². The van der Waals surface area contributed by atoms with E-state index in [0.717, 1.165) is 44.5 Å². The molecule has 0 atom stereocenters. The number of fused-ring (bicyclic) bond motifs is 1. The van der Waals surface area contributed by atoms with E-state index in [1.54, 1.807) is 36.4 Å². The van der Waals surface area contributed by atoms with Gasteiger partial charge in [-0.1, -0.05) is 25.0 Å². The minimum absolute atomic E-state index is 0.200. The van der Waals surface area contributed by atoms with Crippen LogP contribution in [0, 0.1) is 0 Å². The van der Waals surface area contributed by atoms with Crippen molar-refractivity contribution in [3.8, 4) is 0 Å². The van der Waals surface area contributed by atoms with E-state index in [1.165, 1.54) is 11.9 Å². The Morgan fingerprint density at radius 2 is 1.58 bits per heavy atom. The second kappa shape index (κ2) is 10.8. The number of unbranched alkanes of at least 4 members (excludes halogenated alkanes) is 3. The highest BCUT2D eigenvalue weighted by Gasteiger charge is 2.34. The molecule has 1 aliphatic heterocycles. The monoisotopic (exact) mass is 450 g/mol. The van der Waals surface area contributed by atoms with Crippen molar-refractivity contribution in [1.29, 1.82) is 0 Å². The van der Waals surface area contributed by atoms with Crippen LogP contribution in [0.25, 0.3) is 0 Å². The number of nitrogens with zero attached hydrogens (tertiary/aromatic N) is 2. The van der Waals surface area contributed by atoms with Crippen LogP contribution >= 0.6 is 0 Å². The number of rotatable bonds is 11. The average Bonchev–Trinajstić information content (AvgIpc) is 3.07. The van der Waals surface area contributed by atoms with Gasteiger partial charge in [0.1, 0.15) is 0 Å². The number of hydrogen-bond acceptors (Lipinski definition) is 5. The normalized spacial score (nSPS) is 12.6. The summed E-state index contributed by atoms with van der Waals surface area (Å²) in [4.78, 5) is 52.1. The molecule has 2 aromatic carbocycles. The maximum absolute atomic E-state index is 12.4. The van der Waals surface area contributed by atoms with Crippen LogP contribution in [0.3, 0.4) is 0 Å². The van der Waals surface area contributed by atoms with E-state index in [-0.39, 0.29) is 28.8 Å². The number of nitrogens with one attached hydrogen (secondary N) is 1. The fourth-order valence-electron chi connectivity index (χ4n) is 4.10. The fraction of sp³-hybridized carbons (Fsp3) is 0.360. The summed E-state index contributed by atoms with van der Waals surface area (Å²) in [6.07, 6.45) is 3.51. The van der Waals surface area contributed by atoms with Crippen molar-refractivity contribution < 1.29 is 19.2 Å². The first-order chi connectivity index (χ1) is 15.9. The van der Waals surface area contributed by atoms with Gasteiger partial charge in [0, 0.05) is 32.4 Å². The Balaban J connectivity index is 1.49. The van der Waals surface area contributed by atoms with Gasteiger partial charge in [-0.15, -0.1) is 0 Å². The van der Waals surface area contributed by atoms with Crippen molar-refractivity contribution in [1.82, 2.24) is 10.2 Å². The first kappa shape index (κ1) is 24.0. The second-order valence-corrected chi connectivity index (χ2v) is 7.97. The summed E-state index contributed by atoms with van der Waals surface area (Å²) in [6, 6.07) is 12.0. The van der Waals surface area contributed by atoms with Gasteiger partial charge in [-0.05, 0) is 50.1 Å². The summed E-state index contributed by atoms with van der Waals surface area (Å²) in [5.74, 6) is -1.41. The number of benzene rings is 2. The third-order valence-electron chi connectivity index (χ3n) is 5.93. The molecule has 3 N–H and O–H groups in total. The Morgan fingerprint density at radius 3 is 2.15 bits per heavy atom. The average molecular weight is 451 g/mol. The molecule has 0 saturated carbocycles. The Bertz CT molecular complexity index is 1030. The number of anilines is 1.